The van der Waals surface area contributed by atoms with E-state index < -0.39 is 0 Å². The van der Waals surface area contributed by atoms with Gasteiger partial charge in [-0.2, -0.15) is 0 Å². The molecular weight excluding hydrogens is 152 g/mol. The van der Waals surface area contributed by atoms with Gasteiger partial charge in [0.15, 0.2) is 0 Å². The van der Waals surface area contributed by atoms with Crippen molar-refractivity contribution in [3.8, 4) is 11.5 Å². The van der Waals surface area contributed by atoms with Gasteiger partial charge >= 0.3 is 0 Å². The number of methoxy groups -OCH3 is 1. The lowest BCUT2D eigenvalue weighted by atomic mass is 10.3. The molecule has 0 heterocycles. The van der Waals surface area contributed by atoms with Crippen molar-refractivity contribution in [1.82, 2.24) is 0 Å². The Balaban J connectivity index is 2.72. The van der Waals surface area contributed by atoms with Gasteiger partial charge in [-0.15, -0.1) is 0 Å². The minimum Gasteiger partial charge on any atom is -0.497 e. The molecule has 0 saturated carbocycles. The second kappa shape index (κ2) is 4.00. The fourth-order valence-electron chi connectivity index (χ4n) is 0.888. The van der Waals surface area contributed by atoms with Crippen molar-refractivity contribution in [2.45, 2.75) is 20.0 Å². The Bertz CT molecular complexity index is 243. The molecule has 12 heavy (non-hydrogen) atoms. The summed E-state index contributed by atoms with van der Waals surface area (Å²) >= 11 is 0. The van der Waals surface area contributed by atoms with Crippen LogP contribution in [0.2, 0.25) is 0 Å². The van der Waals surface area contributed by atoms with Crippen molar-refractivity contribution in [1.29, 1.82) is 0 Å². The lowest BCUT2D eigenvalue weighted by Gasteiger charge is -2.09. The third-order valence-corrected chi connectivity index (χ3v) is 1.34. The van der Waals surface area contributed by atoms with Crippen molar-refractivity contribution < 1.29 is 9.47 Å². The van der Waals surface area contributed by atoms with E-state index in [1.165, 1.54) is 0 Å². The van der Waals surface area contributed by atoms with Gasteiger partial charge < -0.3 is 9.47 Å². The van der Waals surface area contributed by atoms with Crippen LogP contribution in [0.25, 0.3) is 0 Å². The van der Waals surface area contributed by atoms with E-state index in [9.17, 15) is 0 Å². The molecule has 1 rings (SSSR count). The Kier molecular flexibility index (Phi) is 2.97. The zero-order valence-corrected chi connectivity index (χ0v) is 7.63. The highest BCUT2D eigenvalue weighted by atomic mass is 16.5. The maximum Gasteiger partial charge on any atom is 0.123 e. The Morgan fingerprint density at radius 2 is 1.92 bits per heavy atom. The molecule has 0 atom stereocenters. The summed E-state index contributed by atoms with van der Waals surface area (Å²) in [6.45, 7) is 3.97. The summed E-state index contributed by atoms with van der Waals surface area (Å²) < 4.78 is 10.5. The first-order valence-corrected chi connectivity index (χ1v) is 3.94. The van der Waals surface area contributed by atoms with E-state index in [2.05, 4.69) is 6.07 Å². The average Bonchev–Trinajstić information content (AvgIpc) is 2.03. The second-order valence-electron chi connectivity index (χ2n) is 2.78. The number of ether oxygens (including phenoxy) is 2. The van der Waals surface area contributed by atoms with Gasteiger partial charge in [0.2, 0.25) is 0 Å². The third kappa shape index (κ3) is 2.46. The van der Waals surface area contributed by atoms with E-state index in [1.807, 2.05) is 19.9 Å². The zero-order chi connectivity index (χ0) is 8.97. The molecule has 2 nitrogen and oxygen atoms in total. The Morgan fingerprint density at radius 3 is 2.50 bits per heavy atom. The lowest BCUT2D eigenvalue weighted by molar-refractivity contribution is 0.241. The maximum absolute atomic E-state index is 5.45. The summed E-state index contributed by atoms with van der Waals surface area (Å²) in [4.78, 5) is 0. The largest absolute Gasteiger partial charge is 0.497 e. The minimum atomic E-state index is 0.186. The average molecular weight is 165 g/mol. The van der Waals surface area contributed by atoms with Gasteiger partial charge in [-0.25, -0.2) is 0 Å². The van der Waals surface area contributed by atoms with Crippen LogP contribution in [0.5, 0.6) is 11.5 Å². The van der Waals surface area contributed by atoms with Crippen molar-refractivity contribution in [3.05, 3.63) is 24.3 Å². The van der Waals surface area contributed by atoms with E-state index in [-0.39, 0.29) is 6.10 Å². The highest BCUT2D eigenvalue weighted by Gasteiger charge is 1.98. The van der Waals surface area contributed by atoms with E-state index in [0.29, 0.717) is 0 Å². The van der Waals surface area contributed by atoms with Crippen LogP contribution in [-0.4, -0.2) is 13.2 Å². The highest BCUT2D eigenvalue weighted by Crippen LogP contribution is 2.19. The molecule has 65 valence electrons. The van der Waals surface area contributed by atoms with Crippen LogP contribution in [-0.2, 0) is 0 Å². The summed E-state index contributed by atoms with van der Waals surface area (Å²) in [5.41, 5.74) is 0. The molecule has 0 amide bonds. The van der Waals surface area contributed by atoms with Crippen LogP contribution in [0.4, 0.5) is 0 Å². The lowest BCUT2D eigenvalue weighted by Crippen LogP contribution is -2.05. The Hall–Kier alpha value is -1.18. The first-order chi connectivity index (χ1) is 5.72. The molecule has 0 saturated heterocycles. The molecule has 1 radical (unpaired) electrons. The minimum absolute atomic E-state index is 0.186. The maximum atomic E-state index is 5.45. The molecule has 0 N–H and O–H groups in total. The second-order valence-corrected chi connectivity index (χ2v) is 2.78. The molecule has 1 aromatic rings. The standard InChI is InChI=1S/C10H13O2/c1-8(2)12-10-6-4-5-9(7-10)11-3/h5-8H,1-3H3. The Labute approximate surface area is 73.1 Å². The predicted octanol–water partition coefficient (Wildman–Crippen LogP) is 2.28. The smallest absolute Gasteiger partial charge is 0.123 e. The van der Waals surface area contributed by atoms with Crippen molar-refractivity contribution in [2.24, 2.45) is 0 Å². The van der Waals surface area contributed by atoms with Gasteiger partial charge in [-0.05, 0) is 32.0 Å². The molecule has 0 bridgehead atoms. The van der Waals surface area contributed by atoms with Crippen LogP contribution >= 0.6 is 0 Å². The molecule has 0 aliphatic rings. The predicted molar refractivity (Wildman–Crippen MR) is 47.6 cm³/mol. The van der Waals surface area contributed by atoms with Gasteiger partial charge in [0.25, 0.3) is 0 Å². The molecular formula is C10H13O2. The van der Waals surface area contributed by atoms with Crippen molar-refractivity contribution in [2.75, 3.05) is 7.11 Å². The molecule has 1 aromatic carbocycles. The van der Waals surface area contributed by atoms with Gasteiger partial charge in [-0.3, -0.25) is 0 Å². The van der Waals surface area contributed by atoms with Crippen LogP contribution in [0.3, 0.4) is 0 Å². The number of hydrogen-bond donors (Lipinski definition) is 0. The number of benzene rings is 1. The number of hydrogen-bond acceptors (Lipinski definition) is 2. The van der Waals surface area contributed by atoms with E-state index in [1.54, 1.807) is 19.2 Å². The van der Waals surface area contributed by atoms with E-state index in [0.717, 1.165) is 11.5 Å². The molecule has 0 spiro atoms. The van der Waals surface area contributed by atoms with Crippen LogP contribution in [0.1, 0.15) is 13.8 Å². The molecule has 0 fully saturated rings. The normalized spacial score (nSPS) is 10.0. The van der Waals surface area contributed by atoms with Gasteiger partial charge in [0.05, 0.1) is 13.2 Å². The monoisotopic (exact) mass is 165 g/mol. The van der Waals surface area contributed by atoms with Crippen molar-refractivity contribution in [3.63, 3.8) is 0 Å². The van der Waals surface area contributed by atoms with Crippen molar-refractivity contribution >= 4 is 0 Å². The summed E-state index contributed by atoms with van der Waals surface area (Å²) in [6.07, 6.45) is 0.186. The quantitative estimate of drug-likeness (QED) is 0.684. The third-order valence-electron chi connectivity index (χ3n) is 1.34. The van der Waals surface area contributed by atoms with Gasteiger partial charge in [0, 0.05) is 6.07 Å². The summed E-state index contributed by atoms with van der Waals surface area (Å²) in [5, 5.41) is 0. The fourth-order valence-corrected chi connectivity index (χ4v) is 0.888. The van der Waals surface area contributed by atoms with Gasteiger partial charge in [-0.1, -0.05) is 0 Å². The molecule has 0 aliphatic heterocycles. The summed E-state index contributed by atoms with van der Waals surface area (Å²) in [7, 11) is 1.63. The first kappa shape index (κ1) is 8.91. The SMILES string of the molecule is COc1c[c]cc(OC(C)C)c1. The first-order valence-electron chi connectivity index (χ1n) is 3.94. The van der Waals surface area contributed by atoms with Crippen LogP contribution in [0.15, 0.2) is 18.2 Å². The molecule has 2 heteroatoms. The van der Waals surface area contributed by atoms with E-state index >= 15 is 0 Å². The summed E-state index contributed by atoms with van der Waals surface area (Å²) in [5.74, 6) is 1.57. The highest BCUT2D eigenvalue weighted by molar-refractivity contribution is 5.32. The Morgan fingerprint density at radius 1 is 1.25 bits per heavy atom. The summed E-state index contributed by atoms with van der Waals surface area (Å²) in [6, 6.07) is 8.34. The molecule has 0 unspecified atom stereocenters. The van der Waals surface area contributed by atoms with Crippen LogP contribution < -0.4 is 9.47 Å². The molecule has 0 aliphatic carbocycles. The van der Waals surface area contributed by atoms with Crippen LogP contribution in [0, 0.1) is 6.07 Å². The fraction of sp³-hybridized carbons (Fsp3) is 0.400. The topological polar surface area (TPSA) is 18.5 Å². The zero-order valence-electron chi connectivity index (χ0n) is 7.63. The van der Waals surface area contributed by atoms with E-state index in [4.69, 9.17) is 9.47 Å². The number of rotatable bonds is 3. The molecule has 0 aromatic heterocycles. The van der Waals surface area contributed by atoms with Gasteiger partial charge in [0.1, 0.15) is 11.5 Å².